The van der Waals surface area contributed by atoms with E-state index in [-0.39, 0.29) is 18.5 Å². The summed E-state index contributed by atoms with van der Waals surface area (Å²) in [5.41, 5.74) is 0. The monoisotopic (exact) mass is 227 g/mol. The van der Waals surface area contributed by atoms with Crippen LogP contribution in [0.2, 0.25) is 0 Å². The number of hydrogen-bond donors (Lipinski definition) is 2. The fourth-order valence-electron chi connectivity index (χ4n) is 1.44. The molecule has 0 saturated heterocycles. The van der Waals surface area contributed by atoms with Gasteiger partial charge in [-0.2, -0.15) is 0 Å². The minimum atomic E-state index is -0.156. The van der Waals surface area contributed by atoms with Crippen molar-refractivity contribution in [3.8, 4) is 0 Å². The second-order valence-corrected chi connectivity index (χ2v) is 4.28. The summed E-state index contributed by atoms with van der Waals surface area (Å²) in [4.78, 5) is 24.4. The number of nitrogens with one attached hydrogen (secondary N) is 2. The zero-order valence-corrected chi connectivity index (χ0v) is 10.1. The molecule has 1 fully saturated rings. The molecule has 0 aromatic rings. The molecule has 1 aliphatic rings. The number of hydrogen-bond acceptors (Lipinski definition) is 2. The molecule has 1 saturated carbocycles. The van der Waals surface area contributed by atoms with Crippen molar-refractivity contribution in [3.05, 3.63) is 0 Å². The smallest absolute Gasteiger partial charge is 0.317 e. The van der Waals surface area contributed by atoms with Gasteiger partial charge >= 0.3 is 6.03 Å². The van der Waals surface area contributed by atoms with Gasteiger partial charge in [0.2, 0.25) is 5.91 Å². The summed E-state index contributed by atoms with van der Waals surface area (Å²) >= 11 is 0. The van der Waals surface area contributed by atoms with Gasteiger partial charge in [-0.15, -0.1) is 0 Å². The molecule has 0 aliphatic heterocycles. The van der Waals surface area contributed by atoms with Crippen LogP contribution in [0.1, 0.15) is 32.6 Å². The summed E-state index contributed by atoms with van der Waals surface area (Å²) in [6, 6.07) is 0.157. The van der Waals surface area contributed by atoms with Crippen LogP contribution >= 0.6 is 0 Å². The Morgan fingerprint density at radius 2 is 2.06 bits per heavy atom. The fraction of sp³-hybridized carbons (Fsp3) is 0.818. The van der Waals surface area contributed by atoms with E-state index in [1.165, 1.54) is 11.3 Å². The van der Waals surface area contributed by atoms with Crippen molar-refractivity contribution in [2.24, 2.45) is 0 Å². The average molecular weight is 227 g/mol. The molecule has 1 rings (SSSR count). The van der Waals surface area contributed by atoms with Gasteiger partial charge in [0, 0.05) is 19.6 Å². The third kappa shape index (κ3) is 4.08. The van der Waals surface area contributed by atoms with Crippen molar-refractivity contribution in [2.45, 2.75) is 38.6 Å². The van der Waals surface area contributed by atoms with Crippen LogP contribution in [0.4, 0.5) is 4.79 Å². The molecule has 0 radical (unpaired) electrons. The van der Waals surface area contributed by atoms with Crippen molar-refractivity contribution in [1.82, 2.24) is 15.5 Å². The number of rotatable bonds is 5. The number of nitrogens with zero attached hydrogens (tertiary/aromatic N) is 1. The predicted molar refractivity (Wildman–Crippen MR) is 62.1 cm³/mol. The lowest BCUT2D eigenvalue weighted by molar-refractivity contribution is -0.121. The van der Waals surface area contributed by atoms with Crippen LogP contribution in [0.15, 0.2) is 0 Å². The molecule has 16 heavy (non-hydrogen) atoms. The van der Waals surface area contributed by atoms with Crippen LogP contribution < -0.4 is 10.6 Å². The van der Waals surface area contributed by atoms with Gasteiger partial charge in [-0.3, -0.25) is 4.79 Å². The van der Waals surface area contributed by atoms with Crippen molar-refractivity contribution in [2.75, 3.05) is 20.1 Å². The van der Waals surface area contributed by atoms with E-state index in [0.29, 0.717) is 12.6 Å². The Balaban J connectivity index is 2.19. The Labute approximate surface area is 96.6 Å². The van der Waals surface area contributed by atoms with Crippen LogP contribution in [0.3, 0.4) is 0 Å². The number of carbonyl (C=O) groups is 2. The van der Waals surface area contributed by atoms with Gasteiger partial charge in [-0.1, -0.05) is 6.92 Å². The van der Waals surface area contributed by atoms with Crippen LogP contribution in [-0.2, 0) is 4.79 Å². The van der Waals surface area contributed by atoms with Gasteiger partial charge in [0.1, 0.15) is 6.54 Å². The van der Waals surface area contributed by atoms with Gasteiger partial charge in [-0.25, -0.2) is 4.79 Å². The number of carbonyl (C=O) groups excluding carboxylic acids is 2. The highest BCUT2D eigenvalue weighted by Gasteiger charge is 2.21. The summed E-state index contributed by atoms with van der Waals surface area (Å²) in [6.07, 6.45) is 4.21. The summed E-state index contributed by atoms with van der Waals surface area (Å²) in [5.74, 6) is -0.104. The maximum atomic E-state index is 11.6. The second kappa shape index (κ2) is 6.35. The Hall–Kier alpha value is -1.26. The average Bonchev–Trinajstić information content (AvgIpc) is 2.20. The largest absolute Gasteiger partial charge is 0.355 e. The molecular formula is C11H21N3O2. The number of amides is 3. The lowest BCUT2D eigenvalue weighted by Gasteiger charge is -2.28. The van der Waals surface area contributed by atoms with Crippen LogP contribution in [0, 0.1) is 0 Å². The van der Waals surface area contributed by atoms with Crippen molar-refractivity contribution >= 4 is 11.9 Å². The highest BCUT2D eigenvalue weighted by atomic mass is 16.2. The van der Waals surface area contributed by atoms with Gasteiger partial charge in [0.25, 0.3) is 0 Å². The highest BCUT2D eigenvalue weighted by Crippen LogP contribution is 2.17. The Bertz CT molecular complexity index is 252. The Kier molecular flexibility index (Phi) is 5.08. The van der Waals surface area contributed by atoms with E-state index >= 15 is 0 Å². The minimum Gasteiger partial charge on any atom is -0.355 e. The molecule has 0 unspecified atom stereocenters. The molecule has 2 N–H and O–H groups in total. The lowest BCUT2D eigenvalue weighted by atomic mass is 9.93. The molecule has 3 amide bonds. The molecule has 92 valence electrons. The Morgan fingerprint density at radius 1 is 1.38 bits per heavy atom. The van der Waals surface area contributed by atoms with Crippen LogP contribution in [-0.4, -0.2) is 43.0 Å². The van der Waals surface area contributed by atoms with Gasteiger partial charge in [0.15, 0.2) is 0 Å². The molecule has 0 heterocycles. The van der Waals surface area contributed by atoms with Gasteiger partial charge in [-0.05, 0) is 25.7 Å². The van der Waals surface area contributed by atoms with E-state index in [4.69, 9.17) is 0 Å². The molecule has 0 aromatic heterocycles. The first-order chi connectivity index (χ1) is 7.63. The van der Waals surface area contributed by atoms with E-state index in [1.807, 2.05) is 6.92 Å². The minimum absolute atomic E-state index is 0.104. The van der Waals surface area contributed by atoms with Gasteiger partial charge < -0.3 is 15.5 Å². The number of likely N-dealkylation sites (N-methyl/N-ethyl adjacent to an activating group) is 1. The third-order valence-corrected chi connectivity index (χ3v) is 2.73. The quantitative estimate of drug-likeness (QED) is 0.726. The van der Waals surface area contributed by atoms with E-state index in [2.05, 4.69) is 10.6 Å². The molecule has 0 atom stereocenters. The molecule has 0 aromatic carbocycles. The molecule has 5 heteroatoms. The topological polar surface area (TPSA) is 61.4 Å². The highest BCUT2D eigenvalue weighted by molar-refractivity contribution is 5.83. The second-order valence-electron chi connectivity index (χ2n) is 4.28. The third-order valence-electron chi connectivity index (χ3n) is 2.73. The van der Waals surface area contributed by atoms with Crippen LogP contribution in [0.5, 0.6) is 0 Å². The van der Waals surface area contributed by atoms with Crippen molar-refractivity contribution < 1.29 is 9.59 Å². The maximum absolute atomic E-state index is 11.6. The van der Waals surface area contributed by atoms with E-state index in [0.717, 1.165) is 19.3 Å². The first-order valence-electron chi connectivity index (χ1n) is 5.91. The molecule has 5 nitrogen and oxygen atoms in total. The summed E-state index contributed by atoms with van der Waals surface area (Å²) < 4.78 is 0. The first-order valence-corrected chi connectivity index (χ1v) is 5.91. The standard InChI is InChI=1S/C11H21N3O2/c1-3-7-12-10(15)8-14(2)11(16)13-9-5-4-6-9/h9H,3-8H2,1-2H3,(H,12,15)(H,13,16). The lowest BCUT2D eigenvalue weighted by Crippen LogP contribution is -2.48. The molecular weight excluding hydrogens is 206 g/mol. The first kappa shape index (κ1) is 12.8. The zero-order valence-electron chi connectivity index (χ0n) is 10.1. The van der Waals surface area contributed by atoms with Crippen molar-refractivity contribution in [3.63, 3.8) is 0 Å². The van der Waals surface area contributed by atoms with E-state index in [9.17, 15) is 9.59 Å². The molecule has 0 spiro atoms. The Morgan fingerprint density at radius 3 is 2.56 bits per heavy atom. The maximum Gasteiger partial charge on any atom is 0.317 e. The molecule has 0 bridgehead atoms. The van der Waals surface area contributed by atoms with Gasteiger partial charge in [0.05, 0.1) is 0 Å². The normalized spacial score (nSPS) is 15.1. The zero-order chi connectivity index (χ0) is 12.0. The van der Waals surface area contributed by atoms with E-state index < -0.39 is 0 Å². The fourth-order valence-corrected chi connectivity index (χ4v) is 1.44. The molecule has 1 aliphatic carbocycles. The van der Waals surface area contributed by atoms with Crippen molar-refractivity contribution in [1.29, 1.82) is 0 Å². The summed E-state index contributed by atoms with van der Waals surface area (Å²) in [7, 11) is 1.64. The predicted octanol–water partition coefficient (Wildman–Crippen LogP) is 0.706. The van der Waals surface area contributed by atoms with Crippen LogP contribution in [0.25, 0.3) is 0 Å². The van der Waals surface area contributed by atoms with E-state index in [1.54, 1.807) is 7.05 Å². The number of urea groups is 1. The summed E-state index contributed by atoms with van der Waals surface area (Å²) in [5, 5.41) is 5.62. The summed E-state index contributed by atoms with van der Waals surface area (Å²) in [6.45, 7) is 2.78. The SMILES string of the molecule is CCCNC(=O)CN(C)C(=O)NC1CCC1.